The second kappa shape index (κ2) is 2.48. The first-order valence-electron chi connectivity index (χ1n) is 4.08. The van der Waals surface area contributed by atoms with Crippen molar-refractivity contribution in [1.29, 1.82) is 0 Å². The molecule has 0 spiro atoms. The zero-order valence-electron chi connectivity index (χ0n) is 6.58. The van der Waals surface area contributed by atoms with E-state index in [1.54, 1.807) is 0 Å². The predicted molar refractivity (Wildman–Crippen MR) is 38.1 cm³/mol. The van der Waals surface area contributed by atoms with Crippen molar-refractivity contribution >= 4 is 5.97 Å². The number of hydrogen-bond acceptors (Lipinski definition) is 3. The van der Waals surface area contributed by atoms with Gasteiger partial charge in [-0.15, -0.1) is 0 Å². The third-order valence-electron chi connectivity index (χ3n) is 2.37. The molecule has 0 aromatic carbocycles. The van der Waals surface area contributed by atoms with Crippen LogP contribution < -0.4 is 0 Å². The Hall–Kier alpha value is -0.570. The number of rotatable bonds is 1. The fourth-order valence-corrected chi connectivity index (χ4v) is 1.93. The van der Waals surface area contributed by atoms with Crippen LogP contribution >= 0.6 is 0 Å². The minimum atomic E-state index is -0.189. The molecule has 3 heteroatoms. The number of ether oxygens (including phenoxy) is 2. The van der Waals surface area contributed by atoms with Crippen molar-refractivity contribution in [3.8, 4) is 0 Å². The molecule has 2 aliphatic rings. The first-order valence-corrected chi connectivity index (χ1v) is 4.08. The van der Waals surface area contributed by atoms with Gasteiger partial charge in [-0.25, -0.2) is 0 Å². The summed E-state index contributed by atoms with van der Waals surface area (Å²) in [7, 11) is 0. The van der Waals surface area contributed by atoms with Crippen LogP contribution in [0.5, 0.6) is 0 Å². The number of carbonyl (C=O) groups is 1. The Labute approximate surface area is 65.7 Å². The fraction of sp³-hybridized carbons (Fsp3) is 0.875. The standard InChI is InChI=1S/C8H12O3/c1-5(9)10-8-4-6-2-3-7(8)11-6/h6-8H,2-4H2,1H3/t6-,7+,8+/m0/s1. The monoisotopic (exact) mass is 156 g/mol. The van der Waals surface area contributed by atoms with Gasteiger partial charge < -0.3 is 9.47 Å². The van der Waals surface area contributed by atoms with E-state index >= 15 is 0 Å². The SMILES string of the molecule is CC(=O)O[C@@H]1C[C@@H]2CC[C@H]1O2. The van der Waals surface area contributed by atoms with Crippen LogP contribution in [0.15, 0.2) is 0 Å². The Bertz CT molecular complexity index is 178. The van der Waals surface area contributed by atoms with Crippen LogP contribution in [-0.2, 0) is 14.3 Å². The molecule has 2 saturated heterocycles. The normalized spacial score (nSPS) is 41.0. The first-order chi connectivity index (χ1) is 5.25. The Morgan fingerprint density at radius 3 is 2.82 bits per heavy atom. The Morgan fingerprint density at radius 2 is 2.36 bits per heavy atom. The van der Waals surface area contributed by atoms with Crippen LogP contribution in [0.25, 0.3) is 0 Å². The second-order valence-corrected chi connectivity index (χ2v) is 3.26. The molecule has 2 rings (SSSR count). The Morgan fingerprint density at radius 1 is 1.55 bits per heavy atom. The molecule has 2 fully saturated rings. The first kappa shape index (κ1) is 7.10. The summed E-state index contributed by atoms with van der Waals surface area (Å²) in [6.07, 6.45) is 3.72. The number of esters is 1. The largest absolute Gasteiger partial charge is 0.460 e. The van der Waals surface area contributed by atoms with E-state index in [0.717, 1.165) is 19.3 Å². The van der Waals surface area contributed by atoms with Gasteiger partial charge in [-0.3, -0.25) is 4.79 Å². The van der Waals surface area contributed by atoms with Crippen LogP contribution in [0.3, 0.4) is 0 Å². The molecule has 0 aliphatic carbocycles. The second-order valence-electron chi connectivity index (χ2n) is 3.26. The molecule has 0 N–H and O–H groups in total. The summed E-state index contributed by atoms with van der Waals surface area (Å²) in [6.45, 7) is 1.45. The van der Waals surface area contributed by atoms with Crippen LogP contribution in [0.1, 0.15) is 26.2 Å². The van der Waals surface area contributed by atoms with Gasteiger partial charge in [0.25, 0.3) is 0 Å². The summed E-state index contributed by atoms with van der Waals surface area (Å²) >= 11 is 0. The zero-order chi connectivity index (χ0) is 7.84. The summed E-state index contributed by atoms with van der Waals surface area (Å²) < 4.78 is 10.6. The predicted octanol–water partition coefficient (Wildman–Crippen LogP) is 0.869. The molecular formula is C8H12O3. The minimum Gasteiger partial charge on any atom is -0.460 e. The third kappa shape index (κ3) is 1.25. The Kier molecular flexibility index (Phi) is 1.60. The van der Waals surface area contributed by atoms with Gasteiger partial charge in [-0.2, -0.15) is 0 Å². The molecule has 11 heavy (non-hydrogen) atoms. The maximum Gasteiger partial charge on any atom is 0.302 e. The summed E-state index contributed by atoms with van der Waals surface area (Å²) in [6, 6.07) is 0. The highest BCUT2D eigenvalue weighted by atomic mass is 16.6. The van der Waals surface area contributed by atoms with Gasteiger partial charge in [-0.05, 0) is 12.8 Å². The molecule has 0 amide bonds. The molecule has 2 aliphatic heterocycles. The van der Waals surface area contributed by atoms with Crippen LogP contribution in [0.2, 0.25) is 0 Å². The van der Waals surface area contributed by atoms with Crippen molar-refractivity contribution in [1.82, 2.24) is 0 Å². The van der Waals surface area contributed by atoms with Crippen molar-refractivity contribution in [3.63, 3.8) is 0 Å². The smallest absolute Gasteiger partial charge is 0.302 e. The highest BCUT2D eigenvalue weighted by molar-refractivity contribution is 5.66. The van der Waals surface area contributed by atoms with E-state index in [1.807, 2.05) is 0 Å². The van der Waals surface area contributed by atoms with Gasteiger partial charge in [0.15, 0.2) is 0 Å². The van der Waals surface area contributed by atoms with E-state index < -0.39 is 0 Å². The number of fused-ring (bicyclic) bond motifs is 2. The molecule has 0 aromatic heterocycles. The van der Waals surface area contributed by atoms with Crippen LogP contribution in [0, 0.1) is 0 Å². The average Bonchev–Trinajstić information content (AvgIpc) is 2.45. The summed E-state index contributed by atoms with van der Waals surface area (Å²) in [5, 5.41) is 0. The molecule has 2 bridgehead atoms. The molecule has 3 atom stereocenters. The summed E-state index contributed by atoms with van der Waals surface area (Å²) in [5.41, 5.74) is 0. The Balaban J connectivity index is 1.92. The molecule has 0 unspecified atom stereocenters. The number of hydrogen-bond donors (Lipinski definition) is 0. The van der Waals surface area contributed by atoms with Gasteiger partial charge >= 0.3 is 5.97 Å². The maximum absolute atomic E-state index is 10.6. The van der Waals surface area contributed by atoms with Gasteiger partial charge in [-0.1, -0.05) is 0 Å². The van der Waals surface area contributed by atoms with E-state index in [0.29, 0.717) is 6.10 Å². The lowest BCUT2D eigenvalue weighted by molar-refractivity contribution is -0.148. The van der Waals surface area contributed by atoms with Crippen LogP contribution in [0.4, 0.5) is 0 Å². The lowest BCUT2D eigenvalue weighted by Gasteiger charge is -2.17. The molecule has 62 valence electrons. The van der Waals surface area contributed by atoms with Gasteiger partial charge in [0, 0.05) is 13.3 Å². The summed E-state index contributed by atoms with van der Waals surface area (Å²) in [4.78, 5) is 10.6. The van der Waals surface area contributed by atoms with Crippen molar-refractivity contribution in [3.05, 3.63) is 0 Å². The van der Waals surface area contributed by atoms with Gasteiger partial charge in [0.2, 0.25) is 0 Å². The van der Waals surface area contributed by atoms with Crippen molar-refractivity contribution in [2.45, 2.75) is 44.5 Å². The van der Waals surface area contributed by atoms with E-state index in [2.05, 4.69) is 0 Å². The molecule has 3 nitrogen and oxygen atoms in total. The summed E-state index contributed by atoms with van der Waals surface area (Å²) in [5.74, 6) is -0.189. The quantitative estimate of drug-likeness (QED) is 0.528. The van der Waals surface area contributed by atoms with Crippen molar-refractivity contribution in [2.24, 2.45) is 0 Å². The van der Waals surface area contributed by atoms with E-state index in [1.165, 1.54) is 6.92 Å². The fourth-order valence-electron chi connectivity index (χ4n) is 1.93. The van der Waals surface area contributed by atoms with Crippen molar-refractivity contribution in [2.75, 3.05) is 0 Å². The highest BCUT2D eigenvalue weighted by Gasteiger charge is 2.42. The number of carbonyl (C=O) groups excluding carboxylic acids is 1. The minimum absolute atomic E-state index is 0.0475. The molecular weight excluding hydrogens is 144 g/mol. The average molecular weight is 156 g/mol. The van der Waals surface area contributed by atoms with E-state index in [-0.39, 0.29) is 18.2 Å². The van der Waals surface area contributed by atoms with E-state index in [9.17, 15) is 4.79 Å². The third-order valence-corrected chi connectivity index (χ3v) is 2.37. The molecule has 2 heterocycles. The van der Waals surface area contributed by atoms with E-state index in [4.69, 9.17) is 9.47 Å². The molecule has 0 radical (unpaired) electrons. The maximum atomic E-state index is 10.6. The highest BCUT2D eigenvalue weighted by Crippen LogP contribution is 2.35. The molecule has 0 aromatic rings. The topological polar surface area (TPSA) is 35.5 Å². The van der Waals surface area contributed by atoms with Crippen LogP contribution in [-0.4, -0.2) is 24.3 Å². The molecule has 0 saturated carbocycles. The van der Waals surface area contributed by atoms with Gasteiger partial charge in [0.1, 0.15) is 6.10 Å². The lowest BCUT2D eigenvalue weighted by Crippen LogP contribution is -2.27. The van der Waals surface area contributed by atoms with Gasteiger partial charge in [0.05, 0.1) is 12.2 Å². The zero-order valence-corrected chi connectivity index (χ0v) is 6.58. The van der Waals surface area contributed by atoms with Crippen molar-refractivity contribution < 1.29 is 14.3 Å². The lowest BCUT2D eigenvalue weighted by atomic mass is 9.98.